The summed E-state index contributed by atoms with van der Waals surface area (Å²) in [7, 11) is 0. The van der Waals surface area contributed by atoms with Crippen LogP contribution >= 0.6 is 0 Å². The van der Waals surface area contributed by atoms with Crippen molar-refractivity contribution in [2.24, 2.45) is 11.3 Å². The van der Waals surface area contributed by atoms with Gasteiger partial charge in [-0.05, 0) is 120 Å². The molecule has 4 rings (SSSR count). The quantitative estimate of drug-likeness (QED) is 0.223. The molecule has 1 nitrogen and oxygen atoms in total. The lowest BCUT2D eigenvalue weighted by molar-refractivity contribution is 0.127. The van der Waals surface area contributed by atoms with E-state index in [1.165, 1.54) is 70.2 Å². The third-order valence-electron chi connectivity index (χ3n) is 10.3. The molecule has 0 aliphatic heterocycles. The Balaban J connectivity index is 1.61. The minimum absolute atomic E-state index is 0.273. The van der Waals surface area contributed by atoms with Crippen molar-refractivity contribution in [3.05, 3.63) is 76.9 Å². The van der Waals surface area contributed by atoms with Gasteiger partial charge in [0.25, 0.3) is 0 Å². The summed E-state index contributed by atoms with van der Waals surface area (Å²) in [4.78, 5) is 0. The van der Waals surface area contributed by atoms with Gasteiger partial charge in [-0.1, -0.05) is 104 Å². The summed E-state index contributed by atoms with van der Waals surface area (Å²) in [5.41, 5.74) is 11.3. The number of aryl methyl sites for hydroxylation is 3. The first kappa shape index (κ1) is 30.4. The molecule has 0 heterocycles. The van der Waals surface area contributed by atoms with Gasteiger partial charge in [-0.25, -0.2) is 0 Å². The highest BCUT2D eigenvalue weighted by atomic mass is 16.5. The van der Waals surface area contributed by atoms with Crippen molar-refractivity contribution in [3.63, 3.8) is 0 Å². The van der Waals surface area contributed by atoms with Gasteiger partial charge in [0.2, 0.25) is 0 Å². The number of hydrogen-bond donors (Lipinski definition) is 0. The van der Waals surface area contributed by atoms with Crippen LogP contribution in [0.4, 0.5) is 0 Å². The zero-order valence-electron chi connectivity index (χ0n) is 26.5. The Morgan fingerprint density at radius 2 is 1.20 bits per heavy atom. The number of rotatable bonds is 12. The fourth-order valence-electron chi connectivity index (χ4n) is 6.79. The van der Waals surface area contributed by atoms with Crippen LogP contribution in [0, 0.1) is 11.3 Å². The van der Waals surface area contributed by atoms with Crippen molar-refractivity contribution < 1.29 is 4.74 Å². The zero-order valence-corrected chi connectivity index (χ0v) is 26.5. The van der Waals surface area contributed by atoms with Crippen LogP contribution in [-0.4, -0.2) is 6.61 Å². The maximum absolute atomic E-state index is 6.58. The molecule has 1 fully saturated rings. The van der Waals surface area contributed by atoms with Crippen molar-refractivity contribution in [2.45, 2.75) is 119 Å². The molecule has 1 saturated carbocycles. The van der Waals surface area contributed by atoms with Crippen LogP contribution in [0.15, 0.2) is 54.6 Å². The van der Waals surface area contributed by atoms with Crippen molar-refractivity contribution in [3.8, 4) is 28.0 Å². The number of ether oxygens (including phenoxy) is 1. The molecule has 1 heteroatoms. The number of benzene rings is 3. The molecule has 0 atom stereocenters. The fraction of sp³-hybridized carbons (Fsp3) is 0.538. The molecule has 0 radical (unpaired) electrons. The van der Waals surface area contributed by atoms with Gasteiger partial charge in [0, 0.05) is 5.41 Å². The average molecular weight is 539 g/mol. The van der Waals surface area contributed by atoms with Gasteiger partial charge in [0.1, 0.15) is 5.75 Å². The molecule has 3 aromatic carbocycles. The molecular formula is C39H54O. The van der Waals surface area contributed by atoms with Crippen LogP contribution in [0.3, 0.4) is 0 Å². The standard InChI is InChI=1S/C39H54O/c1-8-29-24-35(22-23-36(29)34-20-18-33(19-21-34)32-16-14-28(7)15-17-32)37-25-31(10-3)38(26-30(37)9-2)40-27-39(11-4,12-5)13-6/h18-26,28,32H,8-17,27H2,1-7H3. The van der Waals surface area contributed by atoms with E-state index in [0.29, 0.717) is 0 Å². The van der Waals surface area contributed by atoms with Crippen LogP contribution in [0.1, 0.15) is 122 Å². The maximum Gasteiger partial charge on any atom is 0.122 e. The van der Waals surface area contributed by atoms with Crippen LogP contribution < -0.4 is 4.74 Å². The van der Waals surface area contributed by atoms with Gasteiger partial charge in [-0.3, -0.25) is 0 Å². The van der Waals surface area contributed by atoms with Crippen LogP contribution in [0.25, 0.3) is 22.3 Å². The lowest BCUT2D eigenvalue weighted by atomic mass is 9.79. The van der Waals surface area contributed by atoms with E-state index in [-0.39, 0.29) is 5.41 Å². The Kier molecular flexibility index (Phi) is 10.6. The first-order valence-corrected chi connectivity index (χ1v) is 16.4. The SMILES string of the molecule is CCc1cc(-c2ccc(-c3ccc(C4CCC(C)CC4)cc3)c(CC)c2)c(CC)cc1OCC(CC)(CC)CC. The van der Waals surface area contributed by atoms with Crippen LogP contribution in [0.5, 0.6) is 5.75 Å². The second kappa shape index (κ2) is 13.9. The molecule has 0 spiro atoms. The topological polar surface area (TPSA) is 9.23 Å². The summed E-state index contributed by atoms with van der Waals surface area (Å²) in [6, 6.07) is 21.4. The minimum atomic E-state index is 0.273. The van der Waals surface area contributed by atoms with Gasteiger partial charge in [0.05, 0.1) is 6.61 Å². The molecule has 0 aromatic heterocycles. The second-order valence-corrected chi connectivity index (χ2v) is 12.5. The van der Waals surface area contributed by atoms with Gasteiger partial charge in [-0.15, -0.1) is 0 Å². The second-order valence-electron chi connectivity index (χ2n) is 12.5. The molecule has 0 amide bonds. The molecule has 0 bridgehead atoms. The molecular weight excluding hydrogens is 484 g/mol. The summed E-state index contributed by atoms with van der Waals surface area (Å²) in [5, 5.41) is 0. The normalized spacial score (nSPS) is 17.7. The van der Waals surface area contributed by atoms with E-state index in [2.05, 4.69) is 103 Å². The van der Waals surface area contributed by atoms with Crippen molar-refractivity contribution in [1.29, 1.82) is 0 Å². The van der Waals surface area contributed by atoms with Gasteiger partial charge < -0.3 is 4.74 Å². The molecule has 40 heavy (non-hydrogen) atoms. The van der Waals surface area contributed by atoms with Gasteiger partial charge >= 0.3 is 0 Å². The van der Waals surface area contributed by atoms with Gasteiger partial charge in [0.15, 0.2) is 0 Å². The summed E-state index contributed by atoms with van der Waals surface area (Å²) >= 11 is 0. The maximum atomic E-state index is 6.58. The van der Waals surface area contributed by atoms with E-state index in [9.17, 15) is 0 Å². The molecule has 1 aliphatic carbocycles. The third kappa shape index (κ3) is 6.67. The van der Waals surface area contributed by atoms with Gasteiger partial charge in [-0.2, -0.15) is 0 Å². The highest BCUT2D eigenvalue weighted by Gasteiger charge is 2.25. The Morgan fingerprint density at radius 1 is 0.625 bits per heavy atom. The molecule has 0 saturated heterocycles. The van der Waals surface area contributed by atoms with E-state index < -0.39 is 0 Å². The Labute approximate surface area is 245 Å². The molecule has 0 unspecified atom stereocenters. The minimum Gasteiger partial charge on any atom is -0.493 e. The monoisotopic (exact) mass is 538 g/mol. The summed E-state index contributed by atoms with van der Waals surface area (Å²) in [6.07, 6.45) is 11.9. The third-order valence-corrected chi connectivity index (χ3v) is 10.3. The smallest absolute Gasteiger partial charge is 0.122 e. The fourth-order valence-corrected chi connectivity index (χ4v) is 6.79. The summed E-state index contributed by atoms with van der Waals surface area (Å²) < 4.78 is 6.58. The first-order valence-electron chi connectivity index (χ1n) is 16.4. The Morgan fingerprint density at radius 3 is 1.77 bits per heavy atom. The lowest BCUT2D eigenvalue weighted by Gasteiger charge is -2.31. The van der Waals surface area contributed by atoms with E-state index in [0.717, 1.165) is 62.7 Å². The predicted octanol–water partition coefficient (Wildman–Crippen LogP) is 11.6. The highest BCUT2D eigenvalue weighted by Crippen LogP contribution is 2.39. The number of hydrogen-bond acceptors (Lipinski definition) is 1. The van der Waals surface area contributed by atoms with E-state index >= 15 is 0 Å². The predicted molar refractivity (Wildman–Crippen MR) is 175 cm³/mol. The van der Waals surface area contributed by atoms with Crippen molar-refractivity contribution in [1.82, 2.24) is 0 Å². The van der Waals surface area contributed by atoms with Crippen LogP contribution in [-0.2, 0) is 19.3 Å². The summed E-state index contributed by atoms with van der Waals surface area (Å²) in [5.74, 6) is 2.73. The first-order chi connectivity index (χ1) is 19.4. The van der Waals surface area contributed by atoms with Crippen LogP contribution in [0.2, 0.25) is 0 Å². The van der Waals surface area contributed by atoms with E-state index in [1.54, 1.807) is 0 Å². The summed E-state index contributed by atoms with van der Waals surface area (Å²) in [6.45, 7) is 16.9. The largest absolute Gasteiger partial charge is 0.493 e. The van der Waals surface area contributed by atoms with Crippen molar-refractivity contribution >= 4 is 0 Å². The van der Waals surface area contributed by atoms with E-state index in [1.807, 2.05) is 0 Å². The van der Waals surface area contributed by atoms with Crippen molar-refractivity contribution in [2.75, 3.05) is 6.61 Å². The molecule has 0 N–H and O–H groups in total. The molecule has 1 aliphatic rings. The average Bonchev–Trinajstić information content (AvgIpc) is 3.01. The molecule has 3 aromatic rings. The Bertz CT molecular complexity index is 1210. The zero-order chi connectivity index (χ0) is 28.7. The molecule has 216 valence electrons. The Hall–Kier alpha value is -2.54. The highest BCUT2D eigenvalue weighted by molar-refractivity contribution is 5.76. The van der Waals surface area contributed by atoms with E-state index in [4.69, 9.17) is 4.74 Å². The lowest BCUT2D eigenvalue weighted by Crippen LogP contribution is -2.26.